The molecule has 0 bridgehead atoms. The number of hydrogen-bond donors (Lipinski definition) is 2. The molecule has 0 aliphatic heterocycles. The lowest BCUT2D eigenvalue weighted by Gasteiger charge is -2.23. The number of thiophene rings is 1. The molecule has 1 rings (SSSR count). The van der Waals surface area contributed by atoms with Gasteiger partial charge in [0.2, 0.25) is 0 Å². The van der Waals surface area contributed by atoms with Crippen LogP contribution in [0.3, 0.4) is 0 Å². The molecule has 0 amide bonds. The molecule has 0 aliphatic rings. The first-order valence-electron chi connectivity index (χ1n) is 5.59. The molecule has 0 saturated carbocycles. The minimum atomic E-state index is 0.196. The first-order valence-corrected chi connectivity index (χ1v) is 7.20. The lowest BCUT2D eigenvalue weighted by molar-refractivity contribution is 0.388. The maximum atomic E-state index is 3.51. The van der Waals surface area contributed by atoms with Gasteiger partial charge in [0.15, 0.2) is 0 Å². The molecule has 16 heavy (non-hydrogen) atoms. The zero-order chi connectivity index (χ0) is 12.2. The molecule has 0 spiro atoms. The summed E-state index contributed by atoms with van der Waals surface area (Å²) in [5.74, 6) is 0. The van der Waals surface area contributed by atoms with E-state index in [2.05, 4.69) is 66.4 Å². The number of halogens is 1. The van der Waals surface area contributed by atoms with Gasteiger partial charge in [0.1, 0.15) is 0 Å². The second kappa shape index (κ2) is 6.15. The fourth-order valence-corrected chi connectivity index (χ4v) is 2.69. The molecule has 4 heteroatoms. The van der Waals surface area contributed by atoms with Crippen molar-refractivity contribution in [2.24, 2.45) is 0 Å². The smallest absolute Gasteiger partial charge is 0.0701 e. The van der Waals surface area contributed by atoms with Crippen molar-refractivity contribution in [2.75, 3.05) is 6.54 Å². The zero-order valence-corrected chi connectivity index (χ0v) is 12.8. The maximum Gasteiger partial charge on any atom is 0.0701 e. The van der Waals surface area contributed by atoms with Crippen molar-refractivity contribution in [3.8, 4) is 0 Å². The Balaban J connectivity index is 2.22. The normalized spacial score (nSPS) is 14.1. The van der Waals surface area contributed by atoms with Crippen molar-refractivity contribution in [2.45, 2.75) is 45.8 Å². The summed E-state index contributed by atoms with van der Waals surface area (Å²) in [7, 11) is 0. The van der Waals surface area contributed by atoms with Crippen LogP contribution < -0.4 is 10.6 Å². The molecular formula is C12H21BrN2S. The molecule has 92 valence electrons. The van der Waals surface area contributed by atoms with Gasteiger partial charge in [-0.2, -0.15) is 0 Å². The van der Waals surface area contributed by atoms with E-state index < -0.39 is 0 Å². The quantitative estimate of drug-likeness (QED) is 0.871. The summed E-state index contributed by atoms with van der Waals surface area (Å²) in [5, 5.41) is 7.01. The highest BCUT2D eigenvalue weighted by molar-refractivity contribution is 9.11. The number of rotatable bonds is 5. The molecule has 0 radical (unpaired) electrons. The van der Waals surface area contributed by atoms with E-state index in [0.29, 0.717) is 6.04 Å². The van der Waals surface area contributed by atoms with E-state index in [1.807, 2.05) is 0 Å². The molecule has 1 unspecified atom stereocenters. The average molecular weight is 305 g/mol. The summed E-state index contributed by atoms with van der Waals surface area (Å²) in [6.45, 7) is 10.7. The molecule has 1 aromatic rings. The molecule has 1 aromatic heterocycles. The second-order valence-electron chi connectivity index (χ2n) is 5.12. The molecular weight excluding hydrogens is 284 g/mol. The minimum Gasteiger partial charge on any atom is -0.311 e. The zero-order valence-electron chi connectivity index (χ0n) is 10.4. The van der Waals surface area contributed by atoms with Crippen LogP contribution in [0, 0.1) is 0 Å². The van der Waals surface area contributed by atoms with Gasteiger partial charge in [0, 0.05) is 29.5 Å². The third kappa shape index (κ3) is 5.99. The second-order valence-corrected chi connectivity index (χ2v) is 7.67. The van der Waals surface area contributed by atoms with E-state index in [1.54, 1.807) is 11.3 Å². The molecule has 2 N–H and O–H groups in total. The van der Waals surface area contributed by atoms with Crippen molar-refractivity contribution in [1.82, 2.24) is 10.6 Å². The van der Waals surface area contributed by atoms with Crippen LogP contribution in [-0.4, -0.2) is 18.1 Å². The molecule has 0 aromatic carbocycles. The highest BCUT2D eigenvalue weighted by Gasteiger charge is 2.10. The van der Waals surface area contributed by atoms with Crippen LogP contribution in [-0.2, 0) is 6.54 Å². The van der Waals surface area contributed by atoms with E-state index in [-0.39, 0.29) is 5.54 Å². The van der Waals surface area contributed by atoms with Gasteiger partial charge in [-0.3, -0.25) is 0 Å². The topological polar surface area (TPSA) is 24.1 Å². The number of hydrogen-bond acceptors (Lipinski definition) is 3. The Labute approximate surface area is 111 Å². The van der Waals surface area contributed by atoms with Crippen LogP contribution in [0.1, 0.15) is 32.6 Å². The molecule has 0 saturated heterocycles. The Morgan fingerprint density at radius 3 is 2.56 bits per heavy atom. The van der Waals surface area contributed by atoms with Crippen molar-refractivity contribution in [3.05, 3.63) is 20.8 Å². The monoisotopic (exact) mass is 304 g/mol. The summed E-state index contributed by atoms with van der Waals surface area (Å²) < 4.78 is 1.20. The Morgan fingerprint density at radius 2 is 2.06 bits per heavy atom. The highest BCUT2D eigenvalue weighted by atomic mass is 79.9. The standard InChI is InChI=1S/C12H21BrN2S/c1-9(7-15-12(2,3)4)14-8-10-5-6-11(13)16-10/h5-6,9,14-15H,7-8H2,1-4H3. The van der Waals surface area contributed by atoms with Crippen LogP contribution in [0.25, 0.3) is 0 Å². The van der Waals surface area contributed by atoms with E-state index in [4.69, 9.17) is 0 Å². The first kappa shape index (κ1) is 14.2. The van der Waals surface area contributed by atoms with E-state index >= 15 is 0 Å². The Morgan fingerprint density at radius 1 is 1.38 bits per heavy atom. The fourth-order valence-electron chi connectivity index (χ4n) is 1.25. The molecule has 1 heterocycles. The van der Waals surface area contributed by atoms with Crippen LogP contribution in [0.4, 0.5) is 0 Å². The SMILES string of the molecule is CC(CNC(C)(C)C)NCc1ccc(Br)s1. The number of nitrogens with one attached hydrogen (secondary N) is 2. The van der Waals surface area contributed by atoms with Gasteiger partial charge < -0.3 is 10.6 Å². The van der Waals surface area contributed by atoms with Gasteiger partial charge in [0.05, 0.1) is 3.79 Å². The Kier molecular flexibility index (Phi) is 5.44. The lowest BCUT2D eigenvalue weighted by Crippen LogP contribution is -2.44. The minimum absolute atomic E-state index is 0.196. The molecule has 0 fully saturated rings. The van der Waals surface area contributed by atoms with E-state index in [0.717, 1.165) is 13.1 Å². The lowest BCUT2D eigenvalue weighted by atomic mass is 10.1. The summed E-state index contributed by atoms with van der Waals surface area (Å²) in [4.78, 5) is 1.37. The van der Waals surface area contributed by atoms with Gasteiger partial charge in [-0.15, -0.1) is 11.3 Å². The predicted octanol–water partition coefficient (Wildman–Crippen LogP) is 3.38. The third-order valence-electron chi connectivity index (χ3n) is 2.19. The van der Waals surface area contributed by atoms with Crippen LogP contribution in [0.15, 0.2) is 15.9 Å². The summed E-state index contributed by atoms with van der Waals surface area (Å²) in [6, 6.07) is 4.74. The maximum absolute atomic E-state index is 3.51. The van der Waals surface area contributed by atoms with Crippen molar-refractivity contribution < 1.29 is 0 Å². The first-order chi connectivity index (χ1) is 7.37. The van der Waals surface area contributed by atoms with Gasteiger partial charge in [0.25, 0.3) is 0 Å². The fraction of sp³-hybridized carbons (Fsp3) is 0.667. The molecule has 0 aliphatic carbocycles. The highest BCUT2D eigenvalue weighted by Crippen LogP contribution is 2.21. The molecule has 1 atom stereocenters. The Hall–Kier alpha value is 0.1000. The van der Waals surface area contributed by atoms with Crippen molar-refractivity contribution >= 4 is 27.3 Å². The van der Waals surface area contributed by atoms with Gasteiger partial charge in [-0.1, -0.05) is 0 Å². The largest absolute Gasteiger partial charge is 0.311 e. The van der Waals surface area contributed by atoms with Crippen LogP contribution in [0.5, 0.6) is 0 Å². The molecule has 2 nitrogen and oxygen atoms in total. The summed E-state index contributed by atoms with van der Waals surface area (Å²) in [5.41, 5.74) is 0.196. The van der Waals surface area contributed by atoms with Crippen LogP contribution >= 0.6 is 27.3 Å². The van der Waals surface area contributed by atoms with Crippen LogP contribution in [0.2, 0.25) is 0 Å². The predicted molar refractivity (Wildman–Crippen MR) is 76.1 cm³/mol. The van der Waals surface area contributed by atoms with Gasteiger partial charge in [-0.25, -0.2) is 0 Å². The van der Waals surface area contributed by atoms with Crippen molar-refractivity contribution in [3.63, 3.8) is 0 Å². The van der Waals surface area contributed by atoms with Gasteiger partial charge in [-0.05, 0) is 55.8 Å². The third-order valence-corrected chi connectivity index (χ3v) is 3.82. The average Bonchev–Trinajstić information content (AvgIpc) is 2.57. The van der Waals surface area contributed by atoms with E-state index in [9.17, 15) is 0 Å². The summed E-state index contributed by atoms with van der Waals surface area (Å²) in [6.07, 6.45) is 0. The Bertz CT molecular complexity index is 317. The van der Waals surface area contributed by atoms with Gasteiger partial charge >= 0.3 is 0 Å². The van der Waals surface area contributed by atoms with Crippen molar-refractivity contribution in [1.29, 1.82) is 0 Å². The summed E-state index contributed by atoms with van der Waals surface area (Å²) >= 11 is 5.26. The van der Waals surface area contributed by atoms with E-state index in [1.165, 1.54) is 8.66 Å².